The molecule has 1 aromatic carbocycles. The van der Waals surface area contributed by atoms with Gasteiger partial charge in [0, 0.05) is 26.7 Å². The van der Waals surface area contributed by atoms with Gasteiger partial charge < -0.3 is 24.8 Å². The molecule has 0 amide bonds. The summed E-state index contributed by atoms with van der Waals surface area (Å²) in [5.74, 6) is 2.31. The van der Waals surface area contributed by atoms with Crippen molar-refractivity contribution in [3.8, 4) is 17.2 Å². The van der Waals surface area contributed by atoms with Gasteiger partial charge in [0.05, 0.1) is 27.6 Å². The van der Waals surface area contributed by atoms with E-state index in [0.29, 0.717) is 49.3 Å². The second kappa shape index (κ2) is 12.8. The van der Waals surface area contributed by atoms with Gasteiger partial charge in [0.1, 0.15) is 0 Å². The van der Waals surface area contributed by atoms with Gasteiger partial charge in [0.2, 0.25) is 15.8 Å². The molecule has 0 aliphatic rings. The van der Waals surface area contributed by atoms with Crippen molar-refractivity contribution in [1.29, 1.82) is 0 Å². The van der Waals surface area contributed by atoms with Gasteiger partial charge in [0.25, 0.3) is 0 Å². The molecule has 11 heteroatoms. The highest BCUT2D eigenvalue weighted by Gasteiger charge is 2.13. The average molecular weight is 516 g/mol. The third-order valence-corrected chi connectivity index (χ3v) is 4.15. The molecule has 27 heavy (non-hydrogen) atoms. The van der Waals surface area contributed by atoms with Crippen molar-refractivity contribution in [1.82, 2.24) is 15.4 Å². The fraction of sp³-hybridized carbons (Fsp3) is 0.562. The smallest absolute Gasteiger partial charge is 0.208 e. The maximum absolute atomic E-state index is 11.0. The van der Waals surface area contributed by atoms with E-state index < -0.39 is 10.0 Å². The van der Waals surface area contributed by atoms with Crippen LogP contribution < -0.4 is 29.6 Å². The summed E-state index contributed by atoms with van der Waals surface area (Å²) in [5.41, 5.74) is 0.932. The van der Waals surface area contributed by atoms with Crippen molar-refractivity contribution in [2.45, 2.75) is 13.0 Å². The molecule has 0 atom stereocenters. The monoisotopic (exact) mass is 516 g/mol. The van der Waals surface area contributed by atoms with Gasteiger partial charge in [-0.15, -0.1) is 24.0 Å². The van der Waals surface area contributed by atoms with Gasteiger partial charge in [-0.05, 0) is 24.1 Å². The molecule has 0 fully saturated rings. The number of sulfonamides is 1. The molecular weight excluding hydrogens is 487 g/mol. The Labute approximate surface area is 178 Å². The lowest BCUT2D eigenvalue weighted by atomic mass is 10.2. The first-order chi connectivity index (χ1) is 12.3. The number of rotatable bonds is 10. The predicted molar refractivity (Wildman–Crippen MR) is 117 cm³/mol. The molecule has 0 saturated heterocycles. The molecule has 0 radical (unpaired) electrons. The summed E-state index contributed by atoms with van der Waals surface area (Å²) in [6, 6.07) is 3.72. The first-order valence-corrected chi connectivity index (χ1v) is 9.91. The summed E-state index contributed by atoms with van der Waals surface area (Å²) in [4.78, 5) is 4.14. The third-order valence-electron chi connectivity index (χ3n) is 3.42. The van der Waals surface area contributed by atoms with E-state index in [2.05, 4.69) is 20.3 Å². The zero-order valence-electron chi connectivity index (χ0n) is 16.3. The Bertz CT molecular complexity index is 688. The van der Waals surface area contributed by atoms with Crippen LogP contribution >= 0.6 is 24.0 Å². The van der Waals surface area contributed by atoms with Gasteiger partial charge in [0.15, 0.2) is 17.5 Å². The molecule has 0 bridgehead atoms. The Hall–Kier alpha value is -1.47. The van der Waals surface area contributed by atoms with Gasteiger partial charge in [-0.3, -0.25) is 4.99 Å². The fourth-order valence-electron chi connectivity index (χ4n) is 2.20. The number of hydrogen-bond acceptors (Lipinski definition) is 6. The summed E-state index contributed by atoms with van der Waals surface area (Å²) < 4.78 is 40.4. The molecule has 0 saturated carbocycles. The first kappa shape index (κ1) is 25.5. The Morgan fingerprint density at radius 1 is 1.04 bits per heavy atom. The first-order valence-electron chi connectivity index (χ1n) is 8.02. The van der Waals surface area contributed by atoms with Crippen molar-refractivity contribution >= 4 is 40.0 Å². The number of hydrogen-bond donors (Lipinski definition) is 3. The molecule has 0 aromatic heterocycles. The largest absolute Gasteiger partial charge is 0.493 e. The van der Waals surface area contributed by atoms with Crippen LogP contribution in [0, 0.1) is 0 Å². The number of methoxy groups -OCH3 is 3. The molecule has 0 aliphatic heterocycles. The number of nitrogens with zero attached hydrogens (tertiary/aromatic N) is 1. The normalized spacial score (nSPS) is 11.4. The van der Waals surface area contributed by atoms with Crippen molar-refractivity contribution in [3.05, 3.63) is 17.7 Å². The second-order valence-corrected chi connectivity index (χ2v) is 7.24. The van der Waals surface area contributed by atoms with Gasteiger partial charge >= 0.3 is 0 Å². The van der Waals surface area contributed by atoms with Crippen LogP contribution in [-0.2, 0) is 16.6 Å². The van der Waals surface area contributed by atoms with Crippen LogP contribution in [0.2, 0.25) is 0 Å². The van der Waals surface area contributed by atoms with Crippen LogP contribution in [-0.4, -0.2) is 62.1 Å². The van der Waals surface area contributed by atoms with Crippen molar-refractivity contribution in [3.63, 3.8) is 0 Å². The molecule has 156 valence electrons. The van der Waals surface area contributed by atoms with E-state index in [4.69, 9.17) is 14.2 Å². The van der Waals surface area contributed by atoms with E-state index in [-0.39, 0.29) is 24.0 Å². The van der Waals surface area contributed by atoms with Crippen LogP contribution in [0.15, 0.2) is 17.1 Å². The minimum Gasteiger partial charge on any atom is -0.493 e. The SMILES string of the molecule is CN=C(NCCCNS(C)(=O)=O)NCc1cc(OC)c(OC)c(OC)c1.I. The van der Waals surface area contributed by atoms with Crippen molar-refractivity contribution < 1.29 is 22.6 Å². The van der Waals surface area contributed by atoms with Gasteiger partial charge in [-0.1, -0.05) is 0 Å². The Morgan fingerprint density at radius 3 is 2.07 bits per heavy atom. The topological polar surface area (TPSA) is 110 Å². The number of benzene rings is 1. The van der Waals surface area contributed by atoms with E-state index in [1.54, 1.807) is 28.4 Å². The van der Waals surface area contributed by atoms with Crippen LogP contribution in [0.25, 0.3) is 0 Å². The molecule has 9 nitrogen and oxygen atoms in total. The lowest BCUT2D eigenvalue weighted by Crippen LogP contribution is -2.38. The summed E-state index contributed by atoms with van der Waals surface area (Å²) in [6.45, 7) is 1.45. The van der Waals surface area contributed by atoms with E-state index in [0.717, 1.165) is 11.8 Å². The highest BCUT2D eigenvalue weighted by atomic mass is 127. The number of aliphatic imine (C=N–C) groups is 1. The van der Waals surface area contributed by atoms with E-state index >= 15 is 0 Å². The molecule has 0 unspecified atom stereocenters. The Morgan fingerprint density at radius 2 is 1.63 bits per heavy atom. The zero-order chi connectivity index (χ0) is 19.6. The standard InChI is InChI=1S/C16H28N4O5S.HI/c1-17-16(18-7-6-8-20-26(5,21)22)19-11-12-9-13(23-2)15(25-4)14(10-12)24-3;/h9-10,20H,6-8,11H2,1-5H3,(H2,17,18,19);1H. The summed E-state index contributed by atoms with van der Waals surface area (Å²) in [7, 11) is 3.21. The molecular formula is C16H29IN4O5S. The van der Waals surface area contributed by atoms with E-state index in [9.17, 15) is 8.42 Å². The molecule has 0 aliphatic carbocycles. The predicted octanol–water partition coefficient (Wildman–Crippen LogP) is 0.935. The lowest BCUT2D eigenvalue weighted by molar-refractivity contribution is 0.323. The maximum Gasteiger partial charge on any atom is 0.208 e. The quantitative estimate of drug-likeness (QED) is 0.184. The number of nitrogens with one attached hydrogen (secondary N) is 3. The zero-order valence-corrected chi connectivity index (χ0v) is 19.4. The summed E-state index contributed by atoms with van der Waals surface area (Å²) >= 11 is 0. The molecule has 0 heterocycles. The fourth-order valence-corrected chi connectivity index (χ4v) is 2.71. The molecule has 1 aromatic rings. The van der Waals surface area contributed by atoms with Crippen molar-refractivity contribution in [2.24, 2.45) is 4.99 Å². The highest BCUT2D eigenvalue weighted by Crippen LogP contribution is 2.38. The van der Waals surface area contributed by atoms with Crippen molar-refractivity contribution in [2.75, 3.05) is 47.7 Å². The summed E-state index contributed by atoms with van der Waals surface area (Å²) in [6.07, 6.45) is 1.77. The maximum atomic E-state index is 11.0. The number of guanidine groups is 1. The number of ether oxygens (including phenoxy) is 3. The van der Waals surface area contributed by atoms with E-state index in [1.165, 1.54) is 0 Å². The lowest BCUT2D eigenvalue weighted by Gasteiger charge is -2.16. The van der Waals surface area contributed by atoms with Gasteiger partial charge in [-0.2, -0.15) is 0 Å². The van der Waals surface area contributed by atoms with Crippen LogP contribution in [0.4, 0.5) is 0 Å². The minimum atomic E-state index is -3.15. The molecule has 3 N–H and O–H groups in total. The van der Waals surface area contributed by atoms with Crippen LogP contribution in [0.5, 0.6) is 17.2 Å². The van der Waals surface area contributed by atoms with Crippen LogP contribution in [0.3, 0.4) is 0 Å². The Kier molecular flexibility index (Phi) is 12.1. The average Bonchev–Trinajstić information content (AvgIpc) is 2.61. The molecule has 0 spiro atoms. The van der Waals surface area contributed by atoms with Crippen LogP contribution in [0.1, 0.15) is 12.0 Å². The minimum absolute atomic E-state index is 0. The highest BCUT2D eigenvalue weighted by molar-refractivity contribution is 14.0. The number of halogens is 1. The Balaban J connectivity index is 0.00000676. The summed E-state index contributed by atoms with van der Waals surface area (Å²) in [5, 5.41) is 6.30. The second-order valence-electron chi connectivity index (χ2n) is 5.41. The van der Waals surface area contributed by atoms with E-state index in [1.807, 2.05) is 12.1 Å². The van der Waals surface area contributed by atoms with Gasteiger partial charge in [-0.25, -0.2) is 13.1 Å². The molecule has 1 rings (SSSR count). The third kappa shape index (κ3) is 9.33.